The van der Waals surface area contributed by atoms with Crippen LogP contribution in [0.3, 0.4) is 0 Å². The van der Waals surface area contributed by atoms with E-state index in [2.05, 4.69) is 9.95 Å². The van der Waals surface area contributed by atoms with E-state index < -0.39 is 0 Å². The first-order chi connectivity index (χ1) is 8.86. The van der Waals surface area contributed by atoms with E-state index in [1.807, 2.05) is 43.2 Å². The van der Waals surface area contributed by atoms with E-state index in [0.717, 1.165) is 0 Å². The molecule has 0 saturated carbocycles. The van der Waals surface area contributed by atoms with Crippen LogP contribution in [0.1, 0.15) is 0 Å². The summed E-state index contributed by atoms with van der Waals surface area (Å²) < 4.78 is 0. The van der Waals surface area contributed by atoms with Gasteiger partial charge in [-0.15, -0.1) is 0 Å². The zero-order valence-electron chi connectivity index (χ0n) is 9.68. The number of nitrogens with zero attached hydrogens (tertiary/aromatic N) is 4. The summed E-state index contributed by atoms with van der Waals surface area (Å²) in [5, 5.41) is 16.3. The summed E-state index contributed by atoms with van der Waals surface area (Å²) in [5.41, 5.74) is 1.18. The van der Waals surface area contributed by atoms with Crippen LogP contribution < -0.4 is 0 Å². The summed E-state index contributed by atoms with van der Waals surface area (Å²) in [6.45, 7) is 2.00. The molecule has 0 aliphatic heterocycles. The Kier molecular flexibility index (Phi) is 8.69. The van der Waals surface area contributed by atoms with E-state index in [1.54, 1.807) is 24.3 Å². The minimum Gasteiger partial charge on any atom is -0.307 e. The van der Waals surface area contributed by atoms with Crippen molar-refractivity contribution < 1.29 is 4.79 Å². The highest BCUT2D eigenvalue weighted by atomic mass is 16.1. The molecule has 0 atom stereocenters. The smallest absolute Gasteiger partial charge is 0.307 e. The van der Waals surface area contributed by atoms with Crippen molar-refractivity contribution in [1.29, 1.82) is 10.8 Å². The number of diazo groups is 2. The lowest BCUT2D eigenvalue weighted by atomic mass is 10.3. The zero-order chi connectivity index (χ0) is 13.6. The van der Waals surface area contributed by atoms with Gasteiger partial charge in [-0.25, -0.2) is 0 Å². The maximum atomic E-state index is 8.16. The van der Waals surface area contributed by atoms with Gasteiger partial charge in [0.2, 0.25) is 10.8 Å². The fourth-order valence-electron chi connectivity index (χ4n) is 0.989. The highest BCUT2D eigenvalue weighted by Gasteiger charge is 1.96. The molecule has 2 rings (SSSR count). The Morgan fingerprint density at radius 2 is 0.944 bits per heavy atom. The first-order valence-electron chi connectivity index (χ1n) is 4.96. The van der Waals surface area contributed by atoms with Crippen molar-refractivity contribution in [3.63, 3.8) is 0 Å². The Balaban J connectivity index is 0.000000283. The average molecular weight is 240 g/mol. The van der Waals surface area contributed by atoms with Crippen LogP contribution in [0.2, 0.25) is 0 Å². The molecule has 0 bridgehead atoms. The summed E-state index contributed by atoms with van der Waals surface area (Å²) >= 11 is 0. The van der Waals surface area contributed by atoms with Crippen LogP contribution in [0, 0.1) is 10.8 Å². The van der Waals surface area contributed by atoms with Gasteiger partial charge in [0.1, 0.15) is 6.79 Å². The second-order valence-corrected chi connectivity index (χ2v) is 2.87. The highest BCUT2D eigenvalue weighted by molar-refractivity contribution is 5.42. The molecular formula is C13H12N4O+2. The Morgan fingerprint density at radius 3 is 1.11 bits per heavy atom. The lowest BCUT2D eigenvalue weighted by Gasteiger charge is -1.69. The van der Waals surface area contributed by atoms with Gasteiger partial charge in [-0.2, -0.15) is 0 Å². The Hall–Kier alpha value is -3.05. The molecule has 5 nitrogen and oxygen atoms in total. The lowest BCUT2D eigenvalue weighted by Crippen LogP contribution is -1.54. The maximum absolute atomic E-state index is 8.16. The molecule has 0 spiro atoms. The van der Waals surface area contributed by atoms with Gasteiger partial charge >= 0.3 is 11.4 Å². The van der Waals surface area contributed by atoms with Gasteiger partial charge in [0.25, 0.3) is 0 Å². The zero-order valence-corrected chi connectivity index (χ0v) is 9.68. The van der Waals surface area contributed by atoms with Gasteiger partial charge in [0, 0.05) is 24.3 Å². The molecule has 0 radical (unpaired) electrons. The van der Waals surface area contributed by atoms with Crippen molar-refractivity contribution in [2.24, 2.45) is 0 Å². The van der Waals surface area contributed by atoms with Crippen molar-refractivity contribution >= 4 is 18.2 Å². The summed E-state index contributed by atoms with van der Waals surface area (Å²) in [6, 6.07) is 17.9. The van der Waals surface area contributed by atoms with E-state index in [4.69, 9.17) is 15.6 Å². The van der Waals surface area contributed by atoms with Gasteiger partial charge < -0.3 is 4.79 Å². The van der Waals surface area contributed by atoms with E-state index in [9.17, 15) is 0 Å². The van der Waals surface area contributed by atoms with Crippen LogP contribution in [0.5, 0.6) is 0 Å². The number of rotatable bonds is 0. The standard InChI is InChI=1S/2C6H5N2.CH2O/c2*7-8-6-4-2-1-3-5-6;1-2/h2*1-5H;1H2/q2*+1;. The van der Waals surface area contributed by atoms with Gasteiger partial charge in [0.15, 0.2) is 9.95 Å². The Morgan fingerprint density at radius 1 is 0.667 bits per heavy atom. The second-order valence-electron chi connectivity index (χ2n) is 2.87. The molecule has 0 saturated heterocycles. The summed E-state index contributed by atoms with van der Waals surface area (Å²) in [7, 11) is 0. The van der Waals surface area contributed by atoms with Gasteiger partial charge in [-0.05, 0) is 0 Å². The number of carbonyl (C=O) groups excluding carboxylic acids is 1. The van der Waals surface area contributed by atoms with E-state index in [-0.39, 0.29) is 0 Å². The molecule has 2 aromatic carbocycles. The fraction of sp³-hybridized carbons (Fsp3) is 0. The van der Waals surface area contributed by atoms with Crippen molar-refractivity contribution in [3.8, 4) is 0 Å². The minimum atomic E-state index is 0.590. The normalized spacial score (nSPS) is 7.22. The third kappa shape index (κ3) is 6.44. The van der Waals surface area contributed by atoms with Crippen molar-refractivity contribution in [3.05, 3.63) is 70.6 Å². The minimum absolute atomic E-state index is 0.590. The lowest BCUT2D eigenvalue weighted by molar-refractivity contribution is -0.0979. The highest BCUT2D eigenvalue weighted by Crippen LogP contribution is 2.08. The van der Waals surface area contributed by atoms with Crippen LogP contribution in [-0.4, -0.2) is 6.79 Å². The number of hydrogen-bond acceptors (Lipinski definition) is 3. The van der Waals surface area contributed by atoms with Crippen LogP contribution in [-0.2, 0) is 4.79 Å². The largest absolute Gasteiger partial charge is 0.385 e. The first kappa shape index (κ1) is 15.0. The number of carbonyl (C=O) groups is 1. The Labute approximate surface area is 105 Å². The van der Waals surface area contributed by atoms with Crippen molar-refractivity contribution in [2.45, 2.75) is 0 Å². The molecule has 0 N–H and O–H groups in total. The SMILES string of the molecule is C=O.N#[N+]c1ccccc1.N#[N+]c1ccccc1. The summed E-state index contributed by atoms with van der Waals surface area (Å²) in [4.78, 5) is 13.9. The molecule has 0 fully saturated rings. The molecular weight excluding hydrogens is 228 g/mol. The molecule has 0 unspecified atom stereocenters. The maximum Gasteiger partial charge on any atom is 0.385 e. The van der Waals surface area contributed by atoms with Crippen LogP contribution in [0.4, 0.5) is 11.4 Å². The Bertz CT molecular complexity index is 465. The molecule has 0 amide bonds. The third-order valence-electron chi connectivity index (χ3n) is 1.74. The van der Waals surface area contributed by atoms with Gasteiger partial charge in [0.05, 0.1) is 0 Å². The number of hydrogen-bond donors (Lipinski definition) is 0. The predicted molar refractivity (Wildman–Crippen MR) is 69.5 cm³/mol. The predicted octanol–water partition coefficient (Wildman–Crippen LogP) is 4.16. The quantitative estimate of drug-likeness (QED) is 0.649. The van der Waals surface area contributed by atoms with Crippen LogP contribution >= 0.6 is 0 Å². The molecule has 0 aliphatic rings. The second kappa shape index (κ2) is 10.5. The number of benzene rings is 2. The molecule has 0 aliphatic carbocycles. The molecule has 0 aromatic heterocycles. The van der Waals surface area contributed by atoms with Crippen molar-refractivity contribution in [2.75, 3.05) is 0 Å². The van der Waals surface area contributed by atoms with E-state index in [1.165, 1.54) is 0 Å². The fourth-order valence-corrected chi connectivity index (χ4v) is 0.989. The van der Waals surface area contributed by atoms with E-state index >= 15 is 0 Å². The monoisotopic (exact) mass is 240 g/mol. The molecule has 2 aromatic rings. The first-order valence-corrected chi connectivity index (χ1v) is 4.96. The summed E-state index contributed by atoms with van der Waals surface area (Å²) in [6.07, 6.45) is 0. The van der Waals surface area contributed by atoms with Crippen molar-refractivity contribution in [1.82, 2.24) is 0 Å². The topological polar surface area (TPSA) is 73.4 Å². The molecule has 88 valence electrons. The average Bonchev–Trinajstić information content (AvgIpc) is 2.51. The van der Waals surface area contributed by atoms with Gasteiger partial charge in [-0.3, -0.25) is 0 Å². The van der Waals surface area contributed by atoms with E-state index in [0.29, 0.717) is 11.4 Å². The summed E-state index contributed by atoms with van der Waals surface area (Å²) in [5.74, 6) is 0. The van der Waals surface area contributed by atoms with Crippen LogP contribution in [0.15, 0.2) is 60.7 Å². The van der Waals surface area contributed by atoms with Crippen LogP contribution in [0.25, 0.3) is 9.95 Å². The molecule has 18 heavy (non-hydrogen) atoms. The molecule has 5 heteroatoms. The van der Waals surface area contributed by atoms with Gasteiger partial charge in [-0.1, -0.05) is 36.4 Å². The molecule has 0 heterocycles. The third-order valence-corrected chi connectivity index (χ3v) is 1.74.